The Morgan fingerprint density at radius 1 is 0.806 bits per heavy atom. The molecule has 0 saturated carbocycles. The molecule has 0 aromatic rings. The Hall–Kier alpha value is -3.22. The highest BCUT2D eigenvalue weighted by molar-refractivity contribution is 5.94. The number of amides is 4. The summed E-state index contributed by atoms with van der Waals surface area (Å²) < 4.78 is 0. The van der Waals surface area contributed by atoms with E-state index in [0.717, 1.165) is 0 Å². The maximum Gasteiger partial charge on any atom is 0.325 e. The van der Waals surface area contributed by atoms with Gasteiger partial charge in [-0.3, -0.25) is 28.8 Å². The quantitative estimate of drug-likeness (QED) is 0.151. The number of rotatable bonds is 14. The largest absolute Gasteiger partial charge is 0.481 e. The zero-order chi connectivity index (χ0) is 24.3. The Kier molecular flexibility index (Phi) is 11.8. The number of primary amides is 1. The van der Waals surface area contributed by atoms with E-state index in [1.165, 1.54) is 6.92 Å². The van der Waals surface area contributed by atoms with Gasteiger partial charge >= 0.3 is 11.9 Å². The lowest BCUT2D eigenvalue weighted by Crippen LogP contribution is -2.58. The topological polar surface area (TPSA) is 231 Å². The number of nitrogens with one attached hydrogen (secondary N) is 3. The first-order chi connectivity index (χ1) is 14.3. The first-order valence-corrected chi connectivity index (χ1v) is 9.65. The highest BCUT2D eigenvalue weighted by Crippen LogP contribution is 2.06. The number of carbonyl (C=O) groups is 6. The molecule has 4 amide bonds. The van der Waals surface area contributed by atoms with E-state index in [1.807, 2.05) is 0 Å². The van der Waals surface area contributed by atoms with Crippen LogP contribution in [0.15, 0.2) is 0 Å². The molecule has 4 atom stereocenters. The fraction of sp³-hybridized carbons (Fsp3) is 0.667. The second kappa shape index (κ2) is 13.2. The summed E-state index contributed by atoms with van der Waals surface area (Å²) >= 11 is 0. The molecule has 0 aliphatic heterocycles. The lowest BCUT2D eigenvalue weighted by molar-refractivity contribution is -0.142. The third kappa shape index (κ3) is 10.9. The number of aliphatic carboxylic acids is 2. The van der Waals surface area contributed by atoms with Crippen molar-refractivity contribution < 1.29 is 39.0 Å². The minimum Gasteiger partial charge on any atom is -0.481 e. The van der Waals surface area contributed by atoms with Crippen molar-refractivity contribution in [1.29, 1.82) is 0 Å². The molecule has 0 aliphatic rings. The van der Waals surface area contributed by atoms with E-state index < -0.39 is 65.7 Å². The Morgan fingerprint density at radius 3 is 1.84 bits per heavy atom. The molecule has 0 spiro atoms. The molecule has 0 saturated heterocycles. The van der Waals surface area contributed by atoms with Crippen LogP contribution in [0, 0.1) is 5.92 Å². The van der Waals surface area contributed by atoms with E-state index in [4.69, 9.17) is 21.7 Å². The zero-order valence-electron chi connectivity index (χ0n) is 17.7. The summed E-state index contributed by atoms with van der Waals surface area (Å²) in [4.78, 5) is 70.0. The first-order valence-electron chi connectivity index (χ1n) is 9.65. The molecule has 0 aliphatic carbocycles. The summed E-state index contributed by atoms with van der Waals surface area (Å²) in [5.74, 6) is -5.92. The van der Waals surface area contributed by atoms with Crippen LogP contribution in [-0.2, 0) is 28.8 Å². The van der Waals surface area contributed by atoms with Crippen LogP contribution in [0.3, 0.4) is 0 Å². The third-order valence-corrected chi connectivity index (χ3v) is 4.29. The molecule has 0 rings (SSSR count). The molecular formula is C18H31N5O8. The van der Waals surface area contributed by atoms with Crippen LogP contribution in [0.5, 0.6) is 0 Å². The minimum absolute atomic E-state index is 0.171. The maximum atomic E-state index is 12.7. The highest BCUT2D eigenvalue weighted by Gasteiger charge is 2.31. The van der Waals surface area contributed by atoms with Crippen molar-refractivity contribution in [3.8, 4) is 0 Å². The van der Waals surface area contributed by atoms with Gasteiger partial charge in [-0.25, -0.2) is 0 Å². The van der Waals surface area contributed by atoms with Gasteiger partial charge in [-0.15, -0.1) is 0 Å². The zero-order valence-corrected chi connectivity index (χ0v) is 17.7. The number of carboxylic acid groups (broad SMARTS) is 2. The van der Waals surface area contributed by atoms with Crippen LogP contribution in [0.25, 0.3) is 0 Å². The van der Waals surface area contributed by atoms with E-state index in [2.05, 4.69) is 16.0 Å². The van der Waals surface area contributed by atoms with Gasteiger partial charge < -0.3 is 37.6 Å². The molecule has 0 radical (unpaired) electrons. The summed E-state index contributed by atoms with van der Waals surface area (Å²) in [5, 5.41) is 24.6. The van der Waals surface area contributed by atoms with Crippen molar-refractivity contribution in [2.75, 3.05) is 0 Å². The number of carboxylic acids is 2. The van der Waals surface area contributed by atoms with Gasteiger partial charge in [0, 0.05) is 12.8 Å². The number of carbonyl (C=O) groups excluding carboxylic acids is 4. The Balaban J connectivity index is 5.32. The van der Waals surface area contributed by atoms with Crippen LogP contribution >= 0.6 is 0 Å². The van der Waals surface area contributed by atoms with E-state index in [-0.39, 0.29) is 25.7 Å². The van der Waals surface area contributed by atoms with Gasteiger partial charge in [-0.1, -0.05) is 13.8 Å². The van der Waals surface area contributed by atoms with Gasteiger partial charge in [-0.2, -0.15) is 0 Å². The Labute approximate surface area is 179 Å². The summed E-state index contributed by atoms with van der Waals surface area (Å²) in [5.41, 5.74) is 10.7. The first kappa shape index (κ1) is 27.8. The lowest BCUT2D eigenvalue weighted by Gasteiger charge is -2.26. The minimum atomic E-state index is -1.28. The SMILES string of the molecule is CC(NC(=O)C(NC(=O)C(CCC(N)=O)NC(=O)C(N)CCC(=O)O)C(C)C)C(=O)O. The van der Waals surface area contributed by atoms with E-state index in [1.54, 1.807) is 13.8 Å². The number of nitrogens with two attached hydrogens (primary N) is 2. The maximum absolute atomic E-state index is 12.7. The fourth-order valence-corrected chi connectivity index (χ4v) is 2.40. The molecule has 0 aromatic heterocycles. The van der Waals surface area contributed by atoms with Crippen LogP contribution in [0.4, 0.5) is 0 Å². The third-order valence-electron chi connectivity index (χ3n) is 4.29. The molecule has 31 heavy (non-hydrogen) atoms. The van der Waals surface area contributed by atoms with Gasteiger partial charge in [0.25, 0.3) is 0 Å². The van der Waals surface area contributed by atoms with E-state index >= 15 is 0 Å². The van der Waals surface area contributed by atoms with Crippen molar-refractivity contribution in [1.82, 2.24) is 16.0 Å². The van der Waals surface area contributed by atoms with Gasteiger partial charge in [0.2, 0.25) is 23.6 Å². The van der Waals surface area contributed by atoms with Gasteiger partial charge in [-0.05, 0) is 25.7 Å². The predicted octanol–water partition coefficient (Wildman–Crippen LogP) is -2.34. The standard InChI is InChI=1S/C18H31N5O8/c1-8(2)14(17(29)21-9(3)18(30)31)23-16(28)11(5-6-12(20)24)22-15(27)10(19)4-7-13(25)26/h8-11,14H,4-7,19H2,1-3H3,(H2,20,24)(H,21,29)(H,22,27)(H,23,28)(H,25,26)(H,30,31). The highest BCUT2D eigenvalue weighted by atomic mass is 16.4. The lowest BCUT2D eigenvalue weighted by atomic mass is 10.0. The van der Waals surface area contributed by atoms with Crippen molar-refractivity contribution in [2.24, 2.45) is 17.4 Å². The van der Waals surface area contributed by atoms with E-state index in [0.29, 0.717) is 0 Å². The average Bonchev–Trinajstić information content (AvgIpc) is 2.65. The summed E-state index contributed by atoms with van der Waals surface area (Å²) in [6.07, 6.45) is -0.965. The smallest absolute Gasteiger partial charge is 0.325 e. The molecule has 0 heterocycles. The summed E-state index contributed by atoms with van der Waals surface area (Å²) in [6, 6.07) is -4.80. The molecule has 0 bridgehead atoms. The normalized spacial score (nSPS) is 14.6. The number of hydrogen-bond donors (Lipinski definition) is 7. The molecule has 0 fully saturated rings. The Morgan fingerprint density at radius 2 is 1.39 bits per heavy atom. The number of hydrogen-bond acceptors (Lipinski definition) is 7. The van der Waals surface area contributed by atoms with Gasteiger partial charge in [0.05, 0.1) is 6.04 Å². The Bertz CT molecular complexity index is 696. The van der Waals surface area contributed by atoms with Crippen molar-refractivity contribution in [3.05, 3.63) is 0 Å². The molecule has 13 heteroatoms. The van der Waals surface area contributed by atoms with Gasteiger partial charge in [0.1, 0.15) is 18.1 Å². The molecule has 9 N–H and O–H groups in total. The van der Waals surface area contributed by atoms with Crippen molar-refractivity contribution >= 4 is 35.6 Å². The monoisotopic (exact) mass is 445 g/mol. The van der Waals surface area contributed by atoms with Crippen LogP contribution < -0.4 is 27.4 Å². The molecule has 4 unspecified atom stereocenters. The van der Waals surface area contributed by atoms with Crippen molar-refractivity contribution in [2.45, 2.75) is 70.6 Å². The van der Waals surface area contributed by atoms with Crippen LogP contribution in [0.2, 0.25) is 0 Å². The van der Waals surface area contributed by atoms with Gasteiger partial charge in [0.15, 0.2) is 0 Å². The average molecular weight is 445 g/mol. The molecule has 0 aromatic carbocycles. The predicted molar refractivity (Wildman–Crippen MR) is 107 cm³/mol. The van der Waals surface area contributed by atoms with Crippen LogP contribution in [-0.4, -0.2) is 69.9 Å². The molecule has 13 nitrogen and oxygen atoms in total. The second-order valence-electron chi connectivity index (χ2n) is 7.40. The second-order valence-corrected chi connectivity index (χ2v) is 7.40. The van der Waals surface area contributed by atoms with Crippen molar-refractivity contribution in [3.63, 3.8) is 0 Å². The van der Waals surface area contributed by atoms with E-state index in [9.17, 15) is 28.8 Å². The van der Waals surface area contributed by atoms with Crippen LogP contribution in [0.1, 0.15) is 46.5 Å². The summed E-state index contributed by atoms with van der Waals surface area (Å²) in [6.45, 7) is 4.50. The summed E-state index contributed by atoms with van der Waals surface area (Å²) in [7, 11) is 0. The molecule has 176 valence electrons. The molecular weight excluding hydrogens is 414 g/mol. The fourth-order valence-electron chi connectivity index (χ4n) is 2.40.